The highest BCUT2D eigenvalue weighted by Gasteiger charge is 2.38. The maximum absolute atomic E-state index is 13.2. The van der Waals surface area contributed by atoms with Gasteiger partial charge in [0, 0.05) is 30.1 Å². The molecule has 39 heavy (non-hydrogen) atoms. The number of aliphatic carboxylic acids is 2. The predicted molar refractivity (Wildman–Crippen MR) is 137 cm³/mol. The topological polar surface area (TPSA) is 238 Å². The van der Waals surface area contributed by atoms with Crippen molar-refractivity contribution in [2.24, 2.45) is 11.5 Å². The van der Waals surface area contributed by atoms with Gasteiger partial charge in [-0.15, -0.1) is 0 Å². The molecule has 0 aliphatic carbocycles. The molecule has 14 nitrogen and oxygen atoms in total. The van der Waals surface area contributed by atoms with Crippen molar-refractivity contribution in [1.29, 1.82) is 0 Å². The van der Waals surface area contributed by atoms with E-state index in [1.807, 2.05) is 24.3 Å². The third-order valence-electron chi connectivity index (χ3n) is 6.57. The number of H-pyrrole nitrogens is 1. The third-order valence-corrected chi connectivity index (χ3v) is 6.57. The summed E-state index contributed by atoms with van der Waals surface area (Å²) in [6.45, 7) is 0.265. The molecule has 1 aliphatic rings. The zero-order valence-corrected chi connectivity index (χ0v) is 21.1. The summed E-state index contributed by atoms with van der Waals surface area (Å²) in [5.41, 5.74) is 13.2. The highest BCUT2D eigenvalue weighted by Crippen LogP contribution is 2.22. The first-order chi connectivity index (χ1) is 18.5. The first-order valence-corrected chi connectivity index (χ1v) is 12.4. The fourth-order valence-electron chi connectivity index (χ4n) is 4.62. The number of primary amides is 1. The van der Waals surface area contributed by atoms with E-state index in [9.17, 15) is 33.9 Å². The van der Waals surface area contributed by atoms with Gasteiger partial charge in [-0.1, -0.05) is 18.2 Å². The number of rotatable bonds is 13. The van der Waals surface area contributed by atoms with Crippen LogP contribution in [0.15, 0.2) is 30.5 Å². The van der Waals surface area contributed by atoms with Crippen molar-refractivity contribution < 1.29 is 39.0 Å². The first-order valence-electron chi connectivity index (χ1n) is 12.4. The van der Waals surface area contributed by atoms with Crippen molar-refractivity contribution in [3.05, 3.63) is 36.0 Å². The van der Waals surface area contributed by atoms with E-state index in [-0.39, 0.29) is 13.0 Å². The zero-order chi connectivity index (χ0) is 28.7. The number of amides is 4. The predicted octanol–water partition coefficient (Wildman–Crippen LogP) is -1.18. The second kappa shape index (κ2) is 12.9. The number of nitrogens with zero attached hydrogens (tertiary/aromatic N) is 1. The molecular formula is C25H32N6O8. The Morgan fingerprint density at radius 3 is 2.46 bits per heavy atom. The van der Waals surface area contributed by atoms with Gasteiger partial charge in [0.05, 0.1) is 12.5 Å². The largest absolute Gasteiger partial charge is 0.481 e. The average Bonchev–Trinajstić information content (AvgIpc) is 3.52. The Hall–Kier alpha value is -4.46. The maximum atomic E-state index is 13.2. The molecule has 14 heteroatoms. The molecule has 1 aromatic carbocycles. The van der Waals surface area contributed by atoms with E-state index in [4.69, 9.17) is 16.6 Å². The number of hydrogen-bond donors (Lipinski definition) is 7. The van der Waals surface area contributed by atoms with Gasteiger partial charge in [0.2, 0.25) is 23.6 Å². The van der Waals surface area contributed by atoms with Crippen molar-refractivity contribution >= 4 is 46.5 Å². The van der Waals surface area contributed by atoms with Crippen LogP contribution in [0.5, 0.6) is 0 Å². The van der Waals surface area contributed by atoms with Crippen LogP contribution in [0.3, 0.4) is 0 Å². The van der Waals surface area contributed by atoms with E-state index in [1.165, 1.54) is 4.90 Å². The standard InChI is InChI=1S/C25H32N6O8/c26-15(10-13-12-28-16-5-2-1-4-14(13)16)24(37)31-9-3-6-19(31)23(36)30-18(11-20(27)32)22(35)29-17(25(38)39)7-8-21(33)34/h1-2,4-5,12,15,17-19,28H,3,6-11,26H2,(H2,27,32)(H,29,35)(H,30,36)(H,33,34)(H,38,39). The molecule has 2 heterocycles. The number of nitrogens with two attached hydrogens (primary N) is 2. The average molecular weight is 545 g/mol. The summed E-state index contributed by atoms with van der Waals surface area (Å²) in [7, 11) is 0. The summed E-state index contributed by atoms with van der Waals surface area (Å²) in [4.78, 5) is 77.4. The molecule has 1 aliphatic heterocycles. The lowest BCUT2D eigenvalue weighted by Gasteiger charge is -2.28. The van der Waals surface area contributed by atoms with Crippen LogP contribution < -0.4 is 22.1 Å². The number of carboxylic acid groups (broad SMARTS) is 2. The molecule has 4 atom stereocenters. The lowest BCUT2D eigenvalue weighted by atomic mass is 10.0. The molecule has 0 spiro atoms. The van der Waals surface area contributed by atoms with E-state index in [0.29, 0.717) is 12.8 Å². The van der Waals surface area contributed by atoms with E-state index in [1.54, 1.807) is 6.20 Å². The Kier molecular flexibility index (Phi) is 9.60. The van der Waals surface area contributed by atoms with Crippen LogP contribution in [0.4, 0.5) is 0 Å². The molecule has 3 rings (SSSR count). The zero-order valence-electron chi connectivity index (χ0n) is 21.1. The third kappa shape index (κ3) is 7.54. The van der Waals surface area contributed by atoms with Gasteiger partial charge in [0.25, 0.3) is 0 Å². The number of carbonyl (C=O) groups is 6. The molecule has 4 amide bonds. The van der Waals surface area contributed by atoms with E-state index in [0.717, 1.165) is 16.5 Å². The second-order valence-corrected chi connectivity index (χ2v) is 9.42. The number of fused-ring (bicyclic) bond motifs is 1. The Morgan fingerprint density at radius 1 is 1.08 bits per heavy atom. The van der Waals surface area contributed by atoms with Crippen molar-refractivity contribution in [3.8, 4) is 0 Å². The summed E-state index contributed by atoms with van der Waals surface area (Å²) in [6, 6.07) is 2.57. The Bertz CT molecular complexity index is 1260. The van der Waals surface area contributed by atoms with Crippen LogP contribution >= 0.6 is 0 Å². The lowest BCUT2D eigenvalue weighted by molar-refractivity contribution is -0.144. The van der Waals surface area contributed by atoms with Crippen LogP contribution in [0.25, 0.3) is 10.9 Å². The summed E-state index contributed by atoms with van der Waals surface area (Å²) < 4.78 is 0. The Morgan fingerprint density at radius 2 is 1.79 bits per heavy atom. The smallest absolute Gasteiger partial charge is 0.326 e. The fraction of sp³-hybridized carbons (Fsp3) is 0.440. The molecule has 0 bridgehead atoms. The van der Waals surface area contributed by atoms with Crippen LogP contribution in [-0.4, -0.2) is 86.4 Å². The molecule has 1 fully saturated rings. The molecule has 1 aromatic heterocycles. The van der Waals surface area contributed by atoms with Crippen LogP contribution in [0.1, 0.15) is 37.7 Å². The second-order valence-electron chi connectivity index (χ2n) is 9.42. The van der Waals surface area contributed by atoms with Gasteiger partial charge in [-0.3, -0.25) is 24.0 Å². The number of para-hydroxylation sites is 1. The summed E-state index contributed by atoms with van der Waals surface area (Å²) in [5.74, 6) is -5.87. The van der Waals surface area contributed by atoms with Crippen LogP contribution in [-0.2, 0) is 35.2 Å². The molecule has 2 aromatic rings. The van der Waals surface area contributed by atoms with Gasteiger partial charge in [-0.25, -0.2) is 4.79 Å². The SMILES string of the molecule is NC(=O)CC(NC(=O)C1CCCN1C(=O)C(N)Cc1c[nH]c2ccccc12)C(=O)NC(CCC(=O)O)C(=O)O. The molecule has 0 radical (unpaired) electrons. The summed E-state index contributed by atoms with van der Waals surface area (Å²) >= 11 is 0. The Labute approximate surface area is 223 Å². The minimum atomic E-state index is -1.56. The number of likely N-dealkylation sites (tertiary alicyclic amines) is 1. The highest BCUT2D eigenvalue weighted by molar-refractivity contribution is 5.96. The van der Waals surface area contributed by atoms with E-state index in [2.05, 4.69) is 15.6 Å². The van der Waals surface area contributed by atoms with Crippen LogP contribution in [0, 0.1) is 0 Å². The molecule has 9 N–H and O–H groups in total. The van der Waals surface area contributed by atoms with Crippen molar-refractivity contribution in [2.75, 3.05) is 6.54 Å². The molecular weight excluding hydrogens is 512 g/mol. The Balaban J connectivity index is 1.67. The maximum Gasteiger partial charge on any atom is 0.326 e. The van der Waals surface area contributed by atoms with Crippen molar-refractivity contribution in [2.45, 2.75) is 62.7 Å². The number of aromatic nitrogens is 1. The van der Waals surface area contributed by atoms with Gasteiger partial charge in [-0.2, -0.15) is 0 Å². The molecule has 210 valence electrons. The van der Waals surface area contributed by atoms with Gasteiger partial charge < -0.3 is 42.2 Å². The number of benzene rings is 1. The van der Waals surface area contributed by atoms with Gasteiger partial charge in [0.1, 0.15) is 18.1 Å². The van der Waals surface area contributed by atoms with E-state index >= 15 is 0 Å². The van der Waals surface area contributed by atoms with Gasteiger partial charge in [-0.05, 0) is 37.3 Å². The summed E-state index contributed by atoms with van der Waals surface area (Å²) in [5, 5.41) is 23.6. The van der Waals surface area contributed by atoms with Crippen LogP contribution in [0.2, 0.25) is 0 Å². The minimum absolute atomic E-state index is 0.229. The summed E-state index contributed by atoms with van der Waals surface area (Å²) in [6.07, 6.45) is 1.23. The molecule has 1 saturated heterocycles. The number of carboxylic acids is 2. The monoisotopic (exact) mass is 544 g/mol. The number of aromatic amines is 1. The molecule has 4 unspecified atom stereocenters. The van der Waals surface area contributed by atoms with Crippen molar-refractivity contribution in [3.63, 3.8) is 0 Å². The normalized spacial score (nSPS) is 17.3. The fourth-order valence-corrected chi connectivity index (χ4v) is 4.62. The first kappa shape index (κ1) is 29.1. The minimum Gasteiger partial charge on any atom is -0.481 e. The highest BCUT2D eigenvalue weighted by atomic mass is 16.4. The van der Waals surface area contributed by atoms with E-state index < -0.39 is 79.0 Å². The quantitative estimate of drug-likeness (QED) is 0.160. The number of nitrogens with one attached hydrogen (secondary N) is 3. The van der Waals surface area contributed by atoms with Gasteiger partial charge >= 0.3 is 11.9 Å². The molecule has 0 saturated carbocycles. The number of carbonyl (C=O) groups excluding carboxylic acids is 4. The van der Waals surface area contributed by atoms with Gasteiger partial charge in [0.15, 0.2) is 0 Å². The van der Waals surface area contributed by atoms with Crippen molar-refractivity contribution in [1.82, 2.24) is 20.5 Å². The lowest BCUT2D eigenvalue weighted by Crippen LogP contribution is -2.57. The number of hydrogen-bond acceptors (Lipinski definition) is 7.